The third kappa shape index (κ3) is 6.52. The summed E-state index contributed by atoms with van der Waals surface area (Å²) in [7, 11) is 7.95. The van der Waals surface area contributed by atoms with Crippen molar-refractivity contribution >= 4 is 33.8 Å². The molecule has 0 saturated carbocycles. The summed E-state index contributed by atoms with van der Waals surface area (Å²) in [6.45, 7) is 12.4. The molecule has 230 valence electrons. The van der Waals surface area contributed by atoms with Crippen molar-refractivity contribution in [2.24, 2.45) is 15.4 Å². The van der Waals surface area contributed by atoms with Crippen molar-refractivity contribution in [2.75, 3.05) is 38.0 Å². The van der Waals surface area contributed by atoms with Gasteiger partial charge in [-0.05, 0) is 83.2 Å². The summed E-state index contributed by atoms with van der Waals surface area (Å²) in [5, 5.41) is 46.5. The van der Waals surface area contributed by atoms with Crippen LogP contribution in [0.1, 0.15) is 47.1 Å². The van der Waals surface area contributed by atoms with E-state index in [0.717, 1.165) is 34.5 Å². The number of nitrogens with zero attached hydrogens (tertiary/aromatic N) is 10. The molecule has 0 aliphatic carbocycles. The van der Waals surface area contributed by atoms with Gasteiger partial charge in [0.15, 0.2) is 0 Å². The molecule has 2 aromatic carbocycles. The Morgan fingerprint density at radius 2 is 1.14 bits per heavy atom. The van der Waals surface area contributed by atoms with E-state index in [0.29, 0.717) is 5.62 Å². The predicted molar refractivity (Wildman–Crippen MR) is 163 cm³/mol. The van der Waals surface area contributed by atoms with Gasteiger partial charge >= 0.3 is 11.5 Å². The number of hydrogen-bond acceptors (Lipinski definition) is 10. The number of anilines is 2. The minimum absolute atomic E-state index is 0.226. The van der Waals surface area contributed by atoms with Crippen LogP contribution in [0.25, 0.3) is 16.7 Å². The van der Waals surface area contributed by atoms with Gasteiger partial charge in [0, 0.05) is 39.3 Å². The maximum atomic E-state index is 11.5. The molecular formula is C27H36N10O6. The summed E-state index contributed by atoms with van der Waals surface area (Å²) >= 11 is 0. The number of rotatable bonds is 8. The molecule has 16 heteroatoms. The summed E-state index contributed by atoms with van der Waals surface area (Å²) in [6, 6.07) is 9.12. The summed E-state index contributed by atoms with van der Waals surface area (Å²) in [5.41, 5.74) is 2.32. The molecule has 0 saturated heterocycles. The average molecular weight is 597 g/mol. The van der Waals surface area contributed by atoms with E-state index in [1.807, 2.05) is 28.2 Å². The van der Waals surface area contributed by atoms with Crippen LogP contribution < -0.4 is 15.4 Å². The van der Waals surface area contributed by atoms with E-state index >= 15 is 0 Å². The van der Waals surface area contributed by atoms with Crippen LogP contribution in [0.15, 0.2) is 57.7 Å². The molecule has 0 fully saturated rings. The van der Waals surface area contributed by atoms with Crippen LogP contribution >= 0.6 is 0 Å². The van der Waals surface area contributed by atoms with Crippen LogP contribution in [0.4, 0.5) is 17.1 Å². The Kier molecular flexibility index (Phi) is 8.74. The van der Waals surface area contributed by atoms with Crippen molar-refractivity contribution in [3.8, 4) is 0 Å². The molecule has 0 N–H and O–H groups in total. The Morgan fingerprint density at radius 3 is 1.47 bits per heavy atom. The average Bonchev–Trinajstić information content (AvgIpc) is 3.20. The second kappa shape index (κ2) is 11.6. The third-order valence-electron chi connectivity index (χ3n) is 6.43. The molecule has 0 aliphatic rings. The smallest absolute Gasteiger partial charge is 0.376 e. The fourth-order valence-electron chi connectivity index (χ4n) is 4.71. The minimum atomic E-state index is -1.73. The standard InChI is InChI=1S/C27H36N10O6/c1-26(2,3)33-21-15-19(31(7)8)20(32(9)10)16-22(21)34(27(4,5)6)25(33)29-30-28-18-13-11-17(12-14-18)23(35(38)39)24(36(40)41)37(42)43/h11-16H,1-10H3. The van der Waals surface area contributed by atoms with E-state index in [-0.39, 0.29) is 11.3 Å². The van der Waals surface area contributed by atoms with E-state index in [1.165, 1.54) is 12.1 Å². The van der Waals surface area contributed by atoms with Gasteiger partial charge in [-0.15, -0.1) is 5.11 Å². The number of aromatic nitrogens is 2. The fraction of sp³-hybridized carbons (Fsp3) is 0.444. The van der Waals surface area contributed by atoms with Gasteiger partial charge in [-0.3, -0.25) is 30.3 Å². The molecule has 0 atom stereocenters. The number of imidazole rings is 1. The molecule has 0 radical (unpaired) electrons. The first-order valence-corrected chi connectivity index (χ1v) is 13.2. The predicted octanol–water partition coefficient (Wildman–Crippen LogP) is 5.14. The molecule has 0 amide bonds. The van der Waals surface area contributed by atoms with Crippen LogP contribution in [-0.4, -0.2) is 52.1 Å². The van der Waals surface area contributed by atoms with Crippen molar-refractivity contribution in [1.82, 2.24) is 9.13 Å². The van der Waals surface area contributed by atoms with Gasteiger partial charge in [-0.25, -0.2) is 0 Å². The maximum absolute atomic E-state index is 11.5. The fourth-order valence-corrected chi connectivity index (χ4v) is 4.71. The van der Waals surface area contributed by atoms with Gasteiger partial charge in [-0.1, -0.05) is 5.10 Å². The first-order valence-electron chi connectivity index (χ1n) is 13.2. The molecule has 0 bridgehead atoms. The Balaban J connectivity index is 2.27. The molecule has 1 aromatic heterocycles. The maximum Gasteiger partial charge on any atom is 0.637 e. The molecule has 3 aromatic rings. The second-order valence-corrected chi connectivity index (χ2v) is 12.2. The largest absolute Gasteiger partial charge is 0.637 e. The molecule has 43 heavy (non-hydrogen) atoms. The van der Waals surface area contributed by atoms with Gasteiger partial charge in [0.05, 0.1) is 38.6 Å². The van der Waals surface area contributed by atoms with Crippen LogP contribution in [0.2, 0.25) is 0 Å². The quantitative estimate of drug-likeness (QED) is 0.194. The van der Waals surface area contributed by atoms with Gasteiger partial charge < -0.3 is 18.9 Å². The number of fused-ring (bicyclic) bond motifs is 1. The third-order valence-corrected chi connectivity index (χ3v) is 6.43. The molecule has 0 aliphatic heterocycles. The molecule has 16 nitrogen and oxygen atoms in total. The molecular weight excluding hydrogens is 560 g/mol. The highest BCUT2D eigenvalue weighted by Gasteiger charge is 2.42. The lowest BCUT2D eigenvalue weighted by Crippen LogP contribution is -2.40. The number of nitro groups is 3. The van der Waals surface area contributed by atoms with Gasteiger partial charge in [0.2, 0.25) is 5.62 Å². The van der Waals surface area contributed by atoms with Crippen LogP contribution in [0.5, 0.6) is 0 Å². The normalized spacial score (nSPS) is 12.0. The number of benzene rings is 2. The Bertz CT molecular complexity index is 1630. The highest BCUT2D eigenvalue weighted by atomic mass is 16.7. The monoisotopic (exact) mass is 596 g/mol. The highest BCUT2D eigenvalue weighted by molar-refractivity contribution is 5.89. The van der Waals surface area contributed by atoms with Gasteiger partial charge in [0.25, 0.3) is 0 Å². The van der Waals surface area contributed by atoms with Gasteiger partial charge in [-0.2, -0.15) is 0 Å². The molecule has 0 unspecified atom stereocenters. The topological polar surface area (TPSA) is 183 Å². The van der Waals surface area contributed by atoms with E-state index in [9.17, 15) is 30.3 Å². The van der Waals surface area contributed by atoms with Crippen LogP contribution in [0.3, 0.4) is 0 Å². The van der Waals surface area contributed by atoms with Crippen molar-refractivity contribution in [3.05, 3.63) is 83.7 Å². The van der Waals surface area contributed by atoms with Gasteiger partial charge in [0.1, 0.15) is 9.85 Å². The first-order chi connectivity index (χ1) is 19.8. The lowest BCUT2D eigenvalue weighted by atomic mass is 10.1. The summed E-state index contributed by atoms with van der Waals surface area (Å²) in [6.07, 6.45) is 0. The van der Waals surface area contributed by atoms with E-state index in [1.54, 1.807) is 0 Å². The van der Waals surface area contributed by atoms with E-state index in [4.69, 9.17) is 0 Å². The summed E-state index contributed by atoms with van der Waals surface area (Å²) in [4.78, 5) is 33.8. The van der Waals surface area contributed by atoms with Crippen LogP contribution in [0, 0.1) is 30.3 Å². The summed E-state index contributed by atoms with van der Waals surface area (Å²) in [5.74, 6) is -1.73. The Hall–Kier alpha value is -5.15. The van der Waals surface area contributed by atoms with Crippen molar-refractivity contribution < 1.29 is 14.8 Å². The molecule has 3 rings (SSSR count). The van der Waals surface area contributed by atoms with Crippen molar-refractivity contribution in [1.29, 1.82) is 0 Å². The lowest BCUT2D eigenvalue weighted by Gasteiger charge is -2.25. The van der Waals surface area contributed by atoms with E-state index < -0.39 is 37.4 Å². The Labute approximate surface area is 247 Å². The van der Waals surface area contributed by atoms with Crippen LogP contribution in [-0.2, 0) is 11.1 Å². The second-order valence-electron chi connectivity index (χ2n) is 12.2. The zero-order chi connectivity index (χ0) is 32.6. The molecule has 1 heterocycles. The first kappa shape index (κ1) is 32.4. The number of hydrogen-bond donors (Lipinski definition) is 0. The van der Waals surface area contributed by atoms with E-state index in [2.05, 4.69) is 88.0 Å². The summed E-state index contributed by atoms with van der Waals surface area (Å²) < 4.78 is 4.18. The highest BCUT2D eigenvalue weighted by Crippen LogP contribution is 2.35. The zero-order valence-corrected chi connectivity index (χ0v) is 25.9. The molecule has 0 spiro atoms. The zero-order valence-electron chi connectivity index (χ0n) is 25.9. The SMILES string of the molecule is CN(C)c1cc2c(cc1N(C)C)n(C(C)(C)C)c(=NN=Nc1ccc(C(=C([N+](=O)[O-])[N+](=O)[O-])[N+](=O)[O-])cc1)n2C(C)(C)C. The van der Waals surface area contributed by atoms with Crippen molar-refractivity contribution in [3.63, 3.8) is 0 Å². The minimum Gasteiger partial charge on any atom is -0.376 e. The lowest BCUT2D eigenvalue weighted by molar-refractivity contribution is -0.621. The Morgan fingerprint density at radius 1 is 0.721 bits per heavy atom. The van der Waals surface area contributed by atoms with Crippen molar-refractivity contribution in [2.45, 2.75) is 52.6 Å².